The van der Waals surface area contributed by atoms with E-state index in [9.17, 15) is 9.59 Å². The van der Waals surface area contributed by atoms with Gasteiger partial charge in [0.15, 0.2) is 0 Å². The number of nitrogens with zero attached hydrogens (tertiary/aromatic N) is 1. The highest BCUT2D eigenvalue weighted by atomic mass is 32.2. The minimum atomic E-state index is -0.312. The third-order valence-electron chi connectivity index (χ3n) is 3.49. The summed E-state index contributed by atoms with van der Waals surface area (Å²) in [5.74, 6) is 1.01. The molecule has 0 saturated carbocycles. The molecule has 0 N–H and O–H groups in total. The third kappa shape index (κ3) is 3.51. The molecule has 1 aliphatic heterocycles. The summed E-state index contributed by atoms with van der Waals surface area (Å²) in [6.07, 6.45) is 1.67. The summed E-state index contributed by atoms with van der Waals surface area (Å²) in [7, 11) is 4.67. The predicted molar refractivity (Wildman–Crippen MR) is 88.8 cm³/mol. The molecule has 0 aliphatic carbocycles. The van der Waals surface area contributed by atoms with E-state index >= 15 is 0 Å². The van der Waals surface area contributed by atoms with Gasteiger partial charge in [-0.15, -0.1) is 0 Å². The molecule has 1 aromatic carbocycles. The molecule has 7 heteroatoms. The smallest absolute Gasteiger partial charge is 0.293 e. The molecule has 2 amide bonds. The van der Waals surface area contributed by atoms with Gasteiger partial charge in [-0.2, -0.15) is 0 Å². The molecule has 1 fully saturated rings. The lowest BCUT2D eigenvalue weighted by molar-refractivity contribution is -0.123. The molecule has 0 bridgehead atoms. The molecule has 124 valence electrons. The normalized spacial score (nSPS) is 16.3. The summed E-state index contributed by atoms with van der Waals surface area (Å²) in [6, 6.07) is 3.60. The van der Waals surface area contributed by atoms with Gasteiger partial charge in [-0.05, 0) is 36.9 Å². The minimum absolute atomic E-state index is 0.247. The van der Waals surface area contributed by atoms with Crippen molar-refractivity contribution in [1.29, 1.82) is 0 Å². The number of methoxy groups -OCH3 is 3. The van der Waals surface area contributed by atoms with Crippen molar-refractivity contribution in [2.45, 2.75) is 6.92 Å². The first-order valence-electron chi connectivity index (χ1n) is 6.99. The van der Waals surface area contributed by atoms with Gasteiger partial charge < -0.3 is 14.2 Å². The van der Waals surface area contributed by atoms with Gasteiger partial charge in [0.05, 0.1) is 32.3 Å². The monoisotopic (exact) mass is 337 g/mol. The average Bonchev–Trinajstić information content (AvgIpc) is 2.80. The molecule has 0 unspecified atom stereocenters. The SMILES string of the molecule is COCCN1C(=O)S/C(=C/c2ccc(OC)c(C)c2OC)C1=O. The highest BCUT2D eigenvalue weighted by Crippen LogP contribution is 2.37. The van der Waals surface area contributed by atoms with Crippen LogP contribution in [0, 0.1) is 6.92 Å². The van der Waals surface area contributed by atoms with E-state index in [-0.39, 0.29) is 17.7 Å². The molecular weight excluding hydrogens is 318 g/mol. The Morgan fingerprint density at radius 2 is 1.91 bits per heavy atom. The van der Waals surface area contributed by atoms with E-state index < -0.39 is 0 Å². The highest BCUT2D eigenvalue weighted by Gasteiger charge is 2.34. The second-order valence-electron chi connectivity index (χ2n) is 4.84. The van der Waals surface area contributed by atoms with Crippen LogP contribution in [0.15, 0.2) is 17.0 Å². The maximum Gasteiger partial charge on any atom is 0.293 e. The van der Waals surface area contributed by atoms with Gasteiger partial charge >= 0.3 is 0 Å². The first-order valence-corrected chi connectivity index (χ1v) is 7.81. The topological polar surface area (TPSA) is 65.1 Å². The molecule has 1 aliphatic rings. The Morgan fingerprint density at radius 1 is 1.17 bits per heavy atom. The van der Waals surface area contributed by atoms with Gasteiger partial charge in [0.25, 0.3) is 11.1 Å². The van der Waals surface area contributed by atoms with Crippen LogP contribution in [-0.4, -0.2) is 50.5 Å². The molecule has 0 atom stereocenters. The zero-order valence-corrected chi connectivity index (χ0v) is 14.4. The summed E-state index contributed by atoms with van der Waals surface area (Å²) in [5, 5.41) is -0.289. The lowest BCUT2D eigenvalue weighted by Crippen LogP contribution is -2.31. The average molecular weight is 337 g/mol. The number of carbonyl (C=O) groups excluding carboxylic acids is 2. The standard InChI is InChI=1S/C16H19NO5S/c1-10-12(21-3)6-5-11(14(10)22-4)9-13-15(18)17(7-8-20-2)16(19)23-13/h5-6,9H,7-8H2,1-4H3/b13-9+. The van der Waals surface area contributed by atoms with Crippen LogP contribution in [0.3, 0.4) is 0 Å². The summed E-state index contributed by atoms with van der Waals surface area (Å²) < 4.78 is 15.6. The van der Waals surface area contributed by atoms with Gasteiger partial charge in [0.1, 0.15) is 11.5 Å². The lowest BCUT2D eigenvalue weighted by Gasteiger charge is -2.13. The van der Waals surface area contributed by atoms with Crippen molar-refractivity contribution in [3.63, 3.8) is 0 Å². The first kappa shape index (κ1) is 17.4. The van der Waals surface area contributed by atoms with Gasteiger partial charge in [-0.3, -0.25) is 14.5 Å². The molecule has 2 rings (SSSR count). The third-order valence-corrected chi connectivity index (χ3v) is 4.40. The fourth-order valence-corrected chi connectivity index (χ4v) is 3.17. The Labute approximate surface area is 139 Å². The van der Waals surface area contributed by atoms with Crippen molar-refractivity contribution >= 4 is 29.0 Å². The quantitative estimate of drug-likeness (QED) is 0.744. The first-order chi connectivity index (χ1) is 11.0. The number of thioether (sulfide) groups is 1. The molecule has 1 saturated heterocycles. The number of hydrogen-bond acceptors (Lipinski definition) is 6. The van der Waals surface area contributed by atoms with Crippen molar-refractivity contribution in [2.75, 3.05) is 34.5 Å². The van der Waals surface area contributed by atoms with Gasteiger partial charge in [0.2, 0.25) is 0 Å². The summed E-state index contributed by atoms with van der Waals surface area (Å²) >= 11 is 0.918. The van der Waals surface area contributed by atoms with Crippen molar-refractivity contribution in [1.82, 2.24) is 4.90 Å². The van der Waals surface area contributed by atoms with Crippen LogP contribution in [0.4, 0.5) is 4.79 Å². The van der Waals surface area contributed by atoms with Crippen LogP contribution in [0.1, 0.15) is 11.1 Å². The predicted octanol–water partition coefficient (Wildman–Crippen LogP) is 2.69. The Balaban J connectivity index is 2.34. The molecule has 1 heterocycles. The number of carbonyl (C=O) groups is 2. The van der Waals surface area contributed by atoms with Crippen molar-refractivity contribution in [3.05, 3.63) is 28.2 Å². The fourth-order valence-electron chi connectivity index (χ4n) is 2.32. The van der Waals surface area contributed by atoms with Crippen LogP contribution in [-0.2, 0) is 9.53 Å². The van der Waals surface area contributed by atoms with Crippen molar-refractivity contribution < 1.29 is 23.8 Å². The Morgan fingerprint density at radius 3 is 2.52 bits per heavy atom. The van der Waals surface area contributed by atoms with E-state index in [0.29, 0.717) is 23.0 Å². The van der Waals surface area contributed by atoms with Crippen LogP contribution in [0.2, 0.25) is 0 Å². The van der Waals surface area contributed by atoms with Crippen LogP contribution < -0.4 is 9.47 Å². The summed E-state index contributed by atoms with van der Waals surface area (Å²) in [6.45, 7) is 2.44. The second kappa shape index (κ2) is 7.52. The van der Waals surface area contributed by atoms with Crippen LogP contribution in [0.5, 0.6) is 11.5 Å². The second-order valence-corrected chi connectivity index (χ2v) is 5.83. The van der Waals surface area contributed by atoms with E-state index in [1.807, 2.05) is 6.92 Å². The van der Waals surface area contributed by atoms with E-state index in [0.717, 1.165) is 22.9 Å². The van der Waals surface area contributed by atoms with Crippen LogP contribution >= 0.6 is 11.8 Å². The number of ether oxygens (including phenoxy) is 3. The van der Waals surface area contributed by atoms with Crippen LogP contribution in [0.25, 0.3) is 6.08 Å². The number of rotatable bonds is 6. The van der Waals surface area contributed by atoms with Gasteiger partial charge in [0, 0.05) is 18.2 Å². The lowest BCUT2D eigenvalue weighted by atomic mass is 10.1. The molecule has 23 heavy (non-hydrogen) atoms. The summed E-state index contributed by atoms with van der Waals surface area (Å²) in [5.41, 5.74) is 1.56. The molecular formula is C16H19NO5S. The minimum Gasteiger partial charge on any atom is -0.496 e. The Bertz CT molecular complexity index is 656. The molecule has 6 nitrogen and oxygen atoms in total. The van der Waals surface area contributed by atoms with Crippen molar-refractivity contribution in [2.24, 2.45) is 0 Å². The molecule has 1 aromatic rings. The highest BCUT2D eigenvalue weighted by molar-refractivity contribution is 8.18. The zero-order valence-electron chi connectivity index (χ0n) is 13.5. The maximum atomic E-state index is 12.3. The maximum absolute atomic E-state index is 12.3. The van der Waals surface area contributed by atoms with E-state index in [4.69, 9.17) is 14.2 Å². The molecule has 0 aromatic heterocycles. The molecule has 0 radical (unpaired) electrons. The number of hydrogen-bond donors (Lipinski definition) is 0. The van der Waals surface area contributed by atoms with E-state index in [2.05, 4.69) is 0 Å². The fraction of sp³-hybridized carbons (Fsp3) is 0.375. The number of amides is 2. The molecule has 0 spiro atoms. The van der Waals surface area contributed by atoms with Crippen molar-refractivity contribution in [3.8, 4) is 11.5 Å². The summed E-state index contributed by atoms with van der Waals surface area (Å²) in [4.78, 5) is 25.8. The Hall–Kier alpha value is -1.99. The zero-order chi connectivity index (χ0) is 17.0. The Kier molecular flexibility index (Phi) is 5.68. The number of imide groups is 1. The van der Waals surface area contributed by atoms with E-state index in [1.54, 1.807) is 32.4 Å². The van der Waals surface area contributed by atoms with Gasteiger partial charge in [-0.25, -0.2) is 0 Å². The van der Waals surface area contributed by atoms with Gasteiger partial charge in [-0.1, -0.05) is 0 Å². The van der Waals surface area contributed by atoms with E-state index in [1.165, 1.54) is 12.0 Å². The largest absolute Gasteiger partial charge is 0.496 e. The number of benzene rings is 1.